The van der Waals surface area contributed by atoms with Crippen molar-refractivity contribution in [3.8, 4) is 0 Å². The van der Waals surface area contributed by atoms with Gasteiger partial charge in [-0.25, -0.2) is 0 Å². The highest BCUT2D eigenvalue weighted by atomic mass is 79.9. The molecular formula is C10H5Br2Cl2N3. The van der Waals surface area contributed by atoms with Crippen LogP contribution >= 0.6 is 55.1 Å². The van der Waals surface area contributed by atoms with E-state index in [4.69, 9.17) is 23.2 Å². The Morgan fingerprint density at radius 2 is 1.71 bits per heavy atom. The Kier molecular flexibility index (Phi) is 4.25. The number of nitrogens with zero attached hydrogens (tertiary/aromatic N) is 2. The zero-order chi connectivity index (χ0) is 12.4. The fourth-order valence-corrected chi connectivity index (χ4v) is 2.68. The molecule has 1 heterocycles. The van der Waals surface area contributed by atoms with Crippen molar-refractivity contribution in [2.75, 3.05) is 5.32 Å². The zero-order valence-corrected chi connectivity index (χ0v) is 12.9. The van der Waals surface area contributed by atoms with Gasteiger partial charge in [0.15, 0.2) is 10.3 Å². The summed E-state index contributed by atoms with van der Waals surface area (Å²) in [5, 5.41) is 11.0. The molecule has 0 atom stereocenters. The lowest BCUT2D eigenvalue weighted by atomic mass is 10.3. The Labute approximate surface area is 125 Å². The molecule has 0 unspecified atom stereocenters. The van der Waals surface area contributed by atoms with Gasteiger partial charge >= 0.3 is 0 Å². The molecule has 0 aliphatic carbocycles. The molecule has 17 heavy (non-hydrogen) atoms. The summed E-state index contributed by atoms with van der Waals surface area (Å²) in [5.74, 6) is 0. The summed E-state index contributed by atoms with van der Waals surface area (Å²) in [5.41, 5.74) is 1.44. The Hall–Kier alpha value is -0.360. The highest BCUT2D eigenvalue weighted by molar-refractivity contribution is 9.11. The molecule has 1 aromatic carbocycles. The third-order valence-electron chi connectivity index (χ3n) is 1.94. The second-order valence-electron chi connectivity index (χ2n) is 3.09. The topological polar surface area (TPSA) is 37.8 Å². The van der Waals surface area contributed by atoms with Gasteiger partial charge in [0, 0.05) is 15.0 Å². The molecule has 1 N–H and O–H groups in total. The van der Waals surface area contributed by atoms with Gasteiger partial charge in [-0.3, -0.25) is 0 Å². The van der Waals surface area contributed by atoms with E-state index in [2.05, 4.69) is 47.4 Å². The average Bonchev–Trinajstić information content (AvgIpc) is 2.28. The molecule has 1 aromatic heterocycles. The second kappa shape index (κ2) is 5.52. The van der Waals surface area contributed by atoms with E-state index in [0.29, 0.717) is 5.69 Å². The summed E-state index contributed by atoms with van der Waals surface area (Å²) in [7, 11) is 0. The van der Waals surface area contributed by atoms with Crippen molar-refractivity contribution in [1.82, 2.24) is 10.2 Å². The van der Waals surface area contributed by atoms with Gasteiger partial charge in [0.1, 0.15) is 0 Å². The number of nitrogens with one attached hydrogen (secondary N) is 1. The summed E-state index contributed by atoms with van der Waals surface area (Å²) in [6.45, 7) is 0. The van der Waals surface area contributed by atoms with Gasteiger partial charge in [-0.05, 0) is 44.0 Å². The molecule has 7 heteroatoms. The van der Waals surface area contributed by atoms with Crippen molar-refractivity contribution in [3.05, 3.63) is 43.5 Å². The first-order valence-electron chi connectivity index (χ1n) is 4.47. The number of para-hydroxylation sites is 1. The molecule has 0 saturated carbocycles. The summed E-state index contributed by atoms with van der Waals surface area (Å²) < 4.78 is 1.80. The number of benzene rings is 1. The van der Waals surface area contributed by atoms with Gasteiger partial charge in [0.2, 0.25) is 0 Å². The first kappa shape index (κ1) is 13.1. The molecule has 0 aliphatic heterocycles. The lowest BCUT2D eigenvalue weighted by Gasteiger charge is -2.11. The Morgan fingerprint density at radius 3 is 2.35 bits per heavy atom. The SMILES string of the molecule is Clc1cc(Nc2c(Br)cccc2Br)c(Cl)nn1. The molecule has 2 aromatic rings. The van der Waals surface area contributed by atoms with Crippen molar-refractivity contribution in [2.45, 2.75) is 0 Å². The van der Waals surface area contributed by atoms with Crippen molar-refractivity contribution in [1.29, 1.82) is 0 Å². The minimum atomic E-state index is 0.261. The molecule has 3 nitrogen and oxygen atoms in total. The van der Waals surface area contributed by atoms with E-state index in [-0.39, 0.29) is 10.3 Å². The van der Waals surface area contributed by atoms with Crippen LogP contribution in [0.1, 0.15) is 0 Å². The second-order valence-corrected chi connectivity index (χ2v) is 5.55. The number of halogens is 4. The van der Waals surface area contributed by atoms with Crippen LogP contribution in [-0.2, 0) is 0 Å². The molecule has 88 valence electrons. The number of rotatable bonds is 2. The van der Waals surface area contributed by atoms with E-state index in [0.717, 1.165) is 14.6 Å². The van der Waals surface area contributed by atoms with Crippen LogP contribution in [0.4, 0.5) is 11.4 Å². The van der Waals surface area contributed by atoms with Crippen LogP contribution in [0.3, 0.4) is 0 Å². The quantitative estimate of drug-likeness (QED) is 0.770. The van der Waals surface area contributed by atoms with Crippen molar-refractivity contribution >= 4 is 66.4 Å². The van der Waals surface area contributed by atoms with E-state index in [1.54, 1.807) is 6.07 Å². The van der Waals surface area contributed by atoms with Gasteiger partial charge in [-0.2, -0.15) is 0 Å². The number of hydrogen-bond acceptors (Lipinski definition) is 3. The van der Waals surface area contributed by atoms with E-state index >= 15 is 0 Å². The fourth-order valence-electron chi connectivity index (χ4n) is 1.19. The van der Waals surface area contributed by atoms with Crippen molar-refractivity contribution in [2.24, 2.45) is 0 Å². The zero-order valence-electron chi connectivity index (χ0n) is 8.22. The molecule has 0 amide bonds. The Balaban J connectivity index is 2.41. The molecule has 2 rings (SSSR count). The standard InChI is InChI=1S/C10H5Br2Cl2N3/c11-5-2-1-3-6(12)9(5)15-7-4-8(13)16-17-10(7)14/h1-4H,(H,15,16). The molecule has 0 bridgehead atoms. The maximum atomic E-state index is 5.93. The van der Waals surface area contributed by atoms with Gasteiger partial charge in [-0.15, -0.1) is 10.2 Å². The summed E-state index contributed by atoms with van der Waals surface area (Å²) in [6.07, 6.45) is 0. The lowest BCUT2D eigenvalue weighted by Crippen LogP contribution is -1.96. The first-order chi connectivity index (χ1) is 8.08. The van der Waals surface area contributed by atoms with Crippen LogP contribution in [0, 0.1) is 0 Å². The molecular weight excluding hydrogens is 393 g/mol. The van der Waals surface area contributed by atoms with Crippen LogP contribution < -0.4 is 5.32 Å². The molecule has 0 spiro atoms. The highest BCUT2D eigenvalue weighted by Gasteiger charge is 2.09. The molecule has 0 fully saturated rings. The van der Waals surface area contributed by atoms with Crippen molar-refractivity contribution in [3.63, 3.8) is 0 Å². The smallest absolute Gasteiger partial charge is 0.175 e. The number of aromatic nitrogens is 2. The van der Waals surface area contributed by atoms with Crippen LogP contribution in [0.25, 0.3) is 0 Å². The maximum Gasteiger partial charge on any atom is 0.175 e. The molecule has 0 saturated heterocycles. The third kappa shape index (κ3) is 3.10. The minimum absolute atomic E-state index is 0.261. The van der Waals surface area contributed by atoms with E-state index in [1.165, 1.54) is 0 Å². The van der Waals surface area contributed by atoms with Crippen molar-refractivity contribution < 1.29 is 0 Å². The van der Waals surface area contributed by atoms with Crippen LogP contribution in [-0.4, -0.2) is 10.2 Å². The van der Waals surface area contributed by atoms with Gasteiger partial charge in [-0.1, -0.05) is 29.3 Å². The third-order valence-corrected chi connectivity index (χ3v) is 3.73. The lowest BCUT2D eigenvalue weighted by molar-refractivity contribution is 1.03. The highest BCUT2D eigenvalue weighted by Crippen LogP contribution is 2.35. The largest absolute Gasteiger partial charge is 0.351 e. The summed E-state index contributed by atoms with van der Waals surface area (Å²) >= 11 is 18.6. The molecule has 0 radical (unpaired) electrons. The number of hydrogen-bond donors (Lipinski definition) is 1. The van der Waals surface area contributed by atoms with Gasteiger partial charge in [0.05, 0.1) is 11.4 Å². The maximum absolute atomic E-state index is 5.93. The van der Waals surface area contributed by atoms with E-state index < -0.39 is 0 Å². The van der Waals surface area contributed by atoms with Gasteiger partial charge < -0.3 is 5.32 Å². The summed E-state index contributed by atoms with van der Waals surface area (Å²) in [6, 6.07) is 7.36. The molecule has 0 aliphatic rings. The normalized spacial score (nSPS) is 10.4. The summed E-state index contributed by atoms with van der Waals surface area (Å²) in [4.78, 5) is 0. The van der Waals surface area contributed by atoms with Crippen LogP contribution in [0.2, 0.25) is 10.3 Å². The van der Waals surface area contributed by atoms with Crippen LogP contribution in [0.15, 0.2) is 33.2 Å². The van der Waals surface area contributed by atoms with E-state index in [9.17, 15) is 0 Å². The average molecular weight is 398 g/mol. The van der Waals surface area contributed by atoms with Crippen LogP contribution in [0.5, 0.6) is 0 Å². The first-order valence-corrected chi connectivity index (χ1v) is 6.82. The predicted molar refractivity (Wildman–Crippen MR) is 77.2 cm³/mol. The fraction of sp³-hybridized carbons (Fsp3) is 0. The minimum Gasteiger partial charge on any atom is -0.351 e. The Morgan fingerprint density at radius 1 is 1.06 bits per heavy atom. The monoisotopic (exact) mass is 395 g/mol. The number of anilines is 2. The Bertz CT molecular complexity index is 543. The van der Waals surface area contributed by atoms with E-state index in [1.807, 2.05) is 18.2 Å². The van der Waals surface area contributed by atoms with Gasteiger partial charge in [0.25, 0.3) is 0 Å². The predicted octanol–water partition coefficient (Wildman–Crippen LogP) is 5.05.